The van der Waals surface area contributed by atoms with Crippen molar-refractivity contribution < 1.29 is 27.2 Å². The highest BCUT2D eigenvalue weighted by Gasteiger charge is 2.41. The molecule has 0 saturated carbocycles. The lowest BCUT2D eigenvalue weighted by Gasteiger charge is -2.18. The number of nitrogens with zero attached hydrogens (tertiary/aromatic N) is 1. The average Bonchev–Trinajstić information content (AvgIpc) is 3.11. The third kappa shape index (κ3) is 5.50. The smallest absolute Gasteiger partial charge is 0.418 e. The van der Waals surface area contributed by atoms with E-state index in [-0.39, 0.29) is 17.0 Å². The molecule has 0 saturated heterocycles. The van der Waals surface area contributed by atoms with E-state index in [9.17, 15) is 22.8 Å². The lowest BCUT2D eigenvalue weighted by molar-refractivity contribution is -0.141. The summed E-state index contributed by atoms with van der Waals surface area (Å²) >= 11 is 0. The monoisotopic (exact) mass is 431 g/mol. The van der Waals surface area contributed by atoms with Gasteiger partial charge in [-0.3, -0.25) is 9.59 Å². The largest absolute Gasteiger partial charge is 0.437 e. The topological polar surface area (TPSA) is 84.2 Å². The minimum Gasteiger partial charge on any atom is -0.418 e. The highest BCUT2D eigenvalue weighted by atomic mass is 19.4. The van der Waals surface area contributed by atoms with Crippen molar-refractivity contribution in [3.8, 4) is 0 Å². The number of aromatic nitrogens is 1. The van der Waals surface area contributed by atoms with Crippen LogP contribution in [0.1, 0.15) is 52.9 Å². The van der Waals surface area contributed by atoms with Gasteiger partial charge in [-0.15, -0.1) is 0 Å². The second kappa shape index (κ2) is 8.25. The molecular formula is C22H20F3N3O3. The van der Waals surface area contributed by atoms with Gasteiger partial charge in [0.15, 0.2) is 11.5 Å². The first-order valence-electron chi connectivity index (χ1n) is 9.31. The summed E-state index contributed by atoms with van der Waals surface area (Å²) in [5, 5.41) is 5.01. The Kier molecular flexibility index (Phi) is 5.88. The molecule has 6 nitrogen and oxygen atoms in total. The van der Waals surface area contributed by atoms with E-state index in [0.29, 0.717) is 5.56 Å². The molecular weight excluding hydrogens is 411 g/mol. The summed E-state index contributed by atoms with van der Waals surface area (Å²) in [5.41, 5.74) is -1.21. The van der Waals surface area contributed by atoms with Crippen LogP contribution >= 0.6 is 0 Å². The molecule has 2 N–H and O–H groups in total. The number of amides is 1. The van der Waals surface area contributed by atoms with Gasteiger partial charge in [-0.05, 0) is 32.9 Å². The van der Waals surface area contributed by atoms with Crippen LogP contribution in [0.5, 0.6) is 0 Å². The first-order valence-corrected chi connectivity index (χ1v) is 9.31. The molecule has 3 rings (SSSR count). The summed E-state index contributed by atoms with van der Waals surface area (Å²) in [6.45, 7) is 5.12. The van der Waals surface area contributed by atoms with Crippen molar-refractivity contribution in [1.82, 2.24) is 4.98 Å². The molecule has 31 heavy (non-hydrogen) atoms. The highest BCUT2D eigenvalue weighted by molar-refractivity contribution is 6.10. The Labute approximate surface area is 176 Å². The summed E-state index contributed by atoms with van der Waals surface area (Å²) in [6, 6.07) is 14.0. The van der Waals surface area contributed by atoms with Crippen molar-refractivity contribution in [2.45, 2.75) is 32.5 Å². The van der Waals surface area contributed by atoms with E-state index in [1.54, 1.807) is 57.2 Å². The van der Waals surface area contributed by atoms with Crippen molar-refractivity contribution >= 4 is 23.4 Å². The number of benzene rings is 2. The standard InChI is InChI=1S/C22H20F3N3O3/c1-21(2,3)28-20-27-18(22(23,24)25)17(31-20)19(30)26-15-11-7-10-14(12-15)16(29)13-8-5-4-6-9-13/h4-12H,1-3H3,(H,26,30)(H,27,28). The molecule has 2 aromatic carbocycles. The normalized spacial score (nSPS) is 11.8. The summed E-state index contributed by atoms with van der Waals surface area (Å²) in [7, 11) is 0. The molecule has 9 heteroatoms. The third-order valence-corrected chi connectivity index (χ3v) is 4.00. The second-order valence-corrected chi connectivity index (χ2v) is 7.80. The Morgan fingerprint density at radius 3 is 2.19 bits per heavy atom. The number of rotatable bonds is 5. The third-order valence-electron chi connectivity index (χ3n) is 4.00. The zero-order valence-corrected chi connectivity index (χ0v) is 17.0. The minimum absolute atomic E-state index is 0.140. The quantitative estimate of drug-likeness (QED) is 0.530. The van der Waals surface area contributed by atoms with Crippen LogP contribution in [0.25, 0.3) is 0 Å². The lowest BCUT2D eigenvalue weighted by atomic mass is 10.0. The van der Waals surface area contributed by atoms with Crippen molar-refractivity contribution in [3.63, 3.8) is 0 Å². The number of carbonyl (C=O) groups excluding carboxylic acids is 2. The SMILES string of the molecule is CC(C)(C)Nc1nc(C(F)(F)F)c(C(=O)Nc2cccc(C(=O)c3ccccc3)c2)o1. The van der Waals surface area contributed by atoms with Crippen LogP contribution in [0, 0.1) is 0 Å². The van der Waals surface area contributed by atoms with Crippen LogP contribution in [0.15, 0.2) is 59.0 Å². The molecule has 3 aromatic rings. The Morgan fingerprint density at radius 2 is 1.58 bits per heavy atom. The fourth-order valence-corrected chi connectivity index (χ4v) is 2.72. The van der Waals surface area contributed by atoms with Gasteiger partial charge in [-0.25, -0.2) is 0 Å². The molecule has 162 valence electrons. The predicted molar refractivity (Wildman–Crippen MR) is 109 cm³/mol. The Bertz CT molecular complexity index is 1100. The summed E-state index contributed by atoms with van der Waals surface area (Å²) in [5.74, 6) is -2.39. The van der Waals surface area contributed by atoms with Crippen LogP contribution in [0.3, 0.4) is 0 Å². The molecule has 0 aliphatic rings. The summed E-state index contributed by atoms with van der Waals surface area (Å²) in [4.78, 5) is 28.5. The molecule has 0 radical (unpaired) electrons. The number of hydrogen-bond donors (Lipinski definition) is 2. The van der Waals surface area contributed by atoms with Crippen LogP contribution in [0.4, 0.5) is 24.9 Å². The van der Waals surface area contributed by atoms with Crippen LogP contribution in [0.2, 0.25) is 0 Å². The first-order chi connectivity index (χ1) is 14.4. The Hall–Kier alpha value is -3.62. The van der Waals surface area contributed by atoms with Gasteiger partial charge in [0.1, 0.15) is 0 Å². The molecule has 0 aliphatic carbocycles. The van der Waals surface area contributed by atoms with Crippen LogP contribution in [-0.2, 0) is 6.18 Å². The predicted octanol–water partition coefficient (Wildman–Crippen LogP) is 5.39. The first kappa shape index (κ1) is 22.1. The molecule has 1 heterocycles. The van der Waals surface area contributed by atoms with Crippen molar-refractivity contribution in [1.29, 1.82) is 0 Å². The number of anilines is 2. The van der Waals surface area contributed by atoms with Gasteiger partial charge >= 0.3 is 6.18 Å². The molecule has 0 bridgehead atoms. The zero-order chi connectivity index (χ0) is 22.8. The number of ketones is 1. The Balaban J connectivity index is 1.87. The zero-order valence-electron chi connectivity index (χ0n) is 17.0. The van der Waals surface area contributed by atoms with Gasteiger partial charge in [0.2, 0.25) is 5.76 Å². The summed E-state index contributed by atoms with van der Waals surface area (Å²) in [6.07, 6.45) is -4.89. The number of hydrogen-bond acceptors (Lipinski definition) is 5. The van der Waals surface area contributed by atoms with E-state index in [0.717, 1.165) is 0 Å². The molecule has 0 atom stereocenters. The van der Waals surface area contributed by atoms with Gasteiger partial charge in [0.05, 0.1) is 0 Å². The van der Waals surface area contributed by atoms with E-state index in [4.69, 9.17) is 4.42 Å². The summed E-state index contributed by atoms with van der Waals surface area (Å²) < 4.78 is 45.2. The maximum absolute atomic E-state index is 13.4. The van der Waals surface area contributed by atoms with E-state index in [1.165, 1.54) is 18.2 Å². The number of halogens is 3. The fraction of sp³-hybridized carbons (Fsp3) is 0.227. The van der Waals surface area contributed by atoms with Crippen LogP contribution < -0.4 is 10.6 Å². The Morgan fingerprint density at radius 1 is 0.935 bits per heavy atom. The molecule has 0 aliphatic heterocycles. The minimum atomic E-state index is -4.89. The van der Waals surface area contributed by atoms with Crippen molar-refractivity contribution in [3.05, 3.63) is 77.2 Å². The number of carbonyl (C=O) groups is 2. The lowest BCUT2D eigenvalue weighted by Crippen LogP contribution is -2.26. The van der Waals surface area contributed by atoms with E-state index >= 15 is 0 Å². The number of nitrogens with one attached hydrogen (secondary N) is 2. The molecule has 0 fully saturated rings. The maximum atomic E-state index is 13.4. The van der Waals surface area contributed by atoms with Crippen molar-refractivity contribution in [2.75, 3.05) is 10.6 Å². The maximum Gasteiger partial charge on any atom is 0.437 e. The van der Waals surface area contributed by atoms with E-state index < -0.39 is 35.1 Å². The van der Waals surface area contributed by atoms with E-state index in [2.05, 4.69) is 15.6 Å². The molecule has 0 spiro atoms. The van der Waals surface area contributed by atoms with Gasteiger partial charge in [-0.2, -0.15) is 18.2 Å². The van der Waals surface area contributed by atoms with E-state index in [1.807, 2.05) is 0 Å². The second-order valence-electron chi connectivity index (χ2n) is 7.80. The van der Waals surface area contributed by atoms with Crippen molar-refractivity contribution in [2.24, 2.45) is 0 Å². The highest BCUT2D eigenvalue weighted by Crippen LogP contribution is 2.34. The number of oxazole rings is 1. The molecule has 0 unspecified atom stereocenters. The van der Waals surface area contributed by atoms with Gasteiger partial charge in [0.25, 0.3) is 11.9 Å². The molecule has 1 amide bonds. The number of alkyl halides is 3. The fourth-order valence-electron chi connectivity index (χ4n) is 2.72. The van der Waals surface area contributed by atoms with Gasteiger partial charge in [-0.1, -0.05) is 42.5 Å². The molecule has 1 aromatic heterocycles. The average molecular weight is 431 g/mol. The van der Waals surface area contributed by atoms with Gasteiger partial charge in [0, 0.05) is 22.4 Å². The van der Waals surface area contributed by atoms with Gasteiger partial charge < -0.3 is 15.1 Å². The van der Waals surface area contributed by atoms with Crippen LogP contribution in [-0.4, -0.2) is 22.2 Å².